The van der Waals surface area contributed by atoms with Crippen LogP contribution in [-0.2, 0) is 19.6 Å². The van der Waals surface area contributed by atoms with E-state index in [0.29, 0.717) is 41.8 Å². The van der Waals surface area contributed by atoms with Gasteiger partial charge in [0.2, 0.25) is 0 Å². The zero-order chi connectivity index (χ0) is 26.7. The van der Waals surface area contributed by atoms with Gasteiger partial charge < -0.3 is 18.9 Å². The Morgan fingerprint density at radius 1 is 0.684 bits per heavy atom. The monoisotopic (exact) mass is 511 g/mol. The summed E-state index contributed by atoms with van der Waals surface area (Å²) in [5.74, 6) is 2.15. The average molecular weight is 512 g/mol. The molecule has 0 aliphatic rings. The van der Waals surface area contributed by atoms with Gasteiger partial charge in [-0.3, -0.25) is 10.1 Å². The minimum atomic E-state index is -0.374. The highest BCUT2D eigenvalue weighted by molar-refractivity contribution is 5.58. The van der Waals surface area contributed by atoms with E-state index in [4.69, 9.17) is 18.9 Å². The van der Waals surface area contributed by atoms with E-state index in [-0.39, 0.29) is 17.0 Å². The number of rotatable bonds is 12. The number of methoxy groups -OCH3 is 2. The minimum absolute atomic E-state index is 0.0317. The summed E-state index contributed by atoms with van der Waals surface area (Å²) in [5.41, 5.74) is 3.43. The maximum Gasteiger partial charge on any atom is 0.251 e. The fraction of sp³-hybridized carbons (Fsp3) is 0.161. The van der Waals surface area contributed by atoms with Crippen LogP contribution in [0.3, 0.4) is 0 Å². The maximum atomic E-state index is 11.9. The summed E-state index contributed by atoms with van der Waals surface area (Å²) >= 11 is 0. The van der Waals surface area contributed by atoms with Crippen molar-refractivity contribution in [1.82, 2.24) is 0 Å². The fourth-order valence-electron chi connectivity index (χ4n) is 3.88. The third-order valence-electron chi connectivity index (χ3n) is 5.84. The Bertz CT molecular complexity index is 1390. The molecule has 0 atom stereocenters. The molecular weight excluding hydrogens is 482 g/mol. The van der Waals surface area contributed by atoms with E-state index >= 15 is 0 Å². The molecule has 0 saturated heterocycles. The van der Waals surface area contributed by atoms with E-state index in [2.05, 4.69) is 0 Å². The molecule has 0 aliphatic heterocycles. The second-order valence-corrected chi connectivity index (χ2v) is 8.51. The Hall–Kier alpha value is -4.78. The van der Waals surface area contributed by atoms with E-state index in [1.165, 1.54) is 6.08 Å². The molecule has 0 saturated carbocycles. The lowest BCUT2D eigenvalue weighted by atomic mass is 10.1. The molecule has 4 rings (SSSR count). The van der Waals surface area contributed by atoms with Gasteiger partial charge in [0.15, 0.2) is 23.0 Å². The van der Waals surface area contributed by atoms with E-state index < -0.39 is 0 Å². The van der Waals surface area contributed by atoms with Crippen LogP contribution in [-0.4, -0.2) is 19.1 Å². The van der Waals surface area contributed by atoms with Gasteiger partial charge in [-0.1, -0.05) is 72.8 Å². The van der Waals surface area contributed by atoms with Crippen molar-refractivity contribution in [2.45, 2.75) is 19.6 Å². The number of hydrogen-bond acceptors (Lipinski definition) is 6. The van der Waals surface area contributed by atoms with Gasteiger partial charge in [-0.05, 0) is 46.5 Å². The molecule has 0 radical (unpaired) electrons. The van der Waals surface area contributed by atoms with Crippen LogP contribution in [0.25, 0.3) is 6.08 Å². The number of nitrogens with zero attached hydrogens (tertiary/aromatic N) is 1. The van der Waals surface area contributed by atoms with E-state index in [9.17, 15) is 10.1 Å². The topological polar surface area (TPSA) is 80.1 Å². The van der Waals surface area contributed by atoms with E-state index in [1.807, 2.05) is 60.7 Å². The Morgan fingerprint density at radius 3 is 1.84 bits per heavy atom. The normalized spacial score (nSPS) is 11.1. The second kappa shape index (κ2) is 13.0. The van der Waals surface area contributed by atoms with Gasteiger partial charge in [-0.25, -0.2) is 0 Å². The first-order valence-corrected chi connectivity index (χ1v) is 12.1. The molecule has 38 heavy (non-hydrogen) atoms. The van der Waals surface area contributed by atoms with Crippen LogP contribution in [0.2, 0.25) is 0 Å². The first-order valence-electron chi connectivity index (χ1n) is 12.1. The molecule has 0 amide bonds. The Balaban J connectivity index is 1.51. The highest BCUT2D eigenvalue weighted by Gasteiger charge is 2.16. The molecule has 0 bridgehead atoms. The highest BCUT2D eigenvalue weighted by Crippen LogP contribution is 2.32. The Labute approximate surface area is 222 Å². The lowest BCUT2D eigenvalue weighted by molar-refractivity contribution is -0.425. The molecule has 0 spiro atoms. The molecule has 0 unspecified atom stereocenters. The van der Waals surface area contributed by atoms with Crippen LogP contribution in [0.1, 0.15) is 22.3 Å². The first kappa shape index (κ1) is 26.3. The third-order valence-corrected chi connectivity index (χ3v) is 5.84. The van der Waals surface area contributed by atoms with Gasteiger partial charge in [0.05, 0.1) is 25.6 Å². The predicted molar refractivity (Wildman–Crippen MR) is 146 cm³/mol. The SMILES string of the molecule is COc1cc(/C=C(\Cc2ccc(OC)c(OCc3ccccc3)c2)[N+](=O)[O-])ccc1OCc1ccccc1. The maximum absolute atomic E-state index is 11.9. The summed E-state index contributed by atoms with van der Waals surface area (Å²) in [6.45, 7) is 0.746. The zero-order valence-corrected chi connectivity index (χ0v) is 21.3. The quantitative estimate of drug-likeness (QED) is 0.155. The summed E-state index contributed by atoms with van der Waals surface area (Å²) in [7, 11) is 3.11. The largest absolute Gasteiger partial charge is 0.493 e. The number of benzene rings is 4. The van der Waals surface area contributed by atoms with Gasteiger partial charge in [0.25, 0.3) is 5.70 Å². The number of nitro groups is 1. The molecule has 7 heteroatoms. The van der Waals surface area contributed by atoms with Crippen LogP contribution in [0, 0.1) is 10.1 Å². The molecule has 0 N–H and O–H groups in total. The number of allylic oxidation sites excluding steroid dienone is 1. The highest BCUT2D eigenvalue weighted by atomic mass is 16.6. The van der Waals surface area contributed by atoms with Crippen LogP contribution in [0.4, 0.5) is 0 Å². The molecule has 0 aromatic heterocycles. The molecule has 4 aromatic carbocycles. The van der Waals surface area contributed by atoms with Crippen LogP contribution < -0.4 is 18.9 Å². The van der Waals surface area contributed by atoms with Crippen LogP contribution >= 0.6 is 0 Å². The van der Waals surface area contributed by atoms with Crippen LogP contribution in [0.15, 0.2) is 103 Å². The van der Waals surface area contributed by atoms with Gasteiger partial charge >= 0.3 is 0 Å². The molecule has 0 heterocycles. The van der Waals surface area contributed by atoms with Crippen molar-refractivity contribution in [3.05, 3.63) is 135 Å². The summed E-state index contributed by atoms with van der Waals surface area (Å²) in [6.07, 6.45) is 1.64. The van der Waals surface area contributed by atoms with Crippen molar-refractivity contribution in [3.8, 4) is 23.0 Å². The molecule has 7 nitrogen and oxygen atoms in total. The lowest BCUT2D eigenvalue weighted by Gasteiger charge is -2.13. The summed E-state index contributed by atoms with van der Waals surface area (Å²) < 4.78 is 22.8. The predicted octanol–water partition coefficient (Wildman–Crippen LogP) is 6.72. The molecule has 4 aromatic rings. The Morgan fingerprint density at radius 2 is 1.26 bits per heavy atom. The van der Waals surface area contributed by atoms with Gasteiger partial charge in [-0.2, -0.15) is 0 Å². The van der Waals surface area contributed by atoms with Crippen molar-refractivity contribution >= 4 is 6.08 Å². The molecule has 194 valence electrons. The average Bonchev–Trinajstić information content (AvgIpc) is 2.96. The zero-order valence-electron chi connectivity index (χ0n) is 21.3. The first-order chi connectivity index (χ1) is 18.6. The Kier molecular flexibility index (Phi) is 8.97. The van der Waals surface area contributed by atoms with Gasteiger partial charge in [-0.15, -0.1) is 0 Å². The smallest absolute Gasteiger partial charge is 0.251 e. The third kappa shape index (κ3) is 7.13. The number of ether oxygens (including phenoxy) is 4. The summed E-state index contributed by atoms with van der Waals surface area (Å²) in [6, 6.07) is 30.2. The summed E-state index contributed by atoms with van der Waals surface area (Å²) in [5, 5.41) is 11.9. The van der Waals surface area contributed by atoms with E-state index in [0.717, 1.165) is 16.7 Å². The number of hydrogen-bond donors (Lipinski definition) is 0. The molecular formula is C31H29NO6. The second-order valence-electron chi connectivity index (χ2n) is 8.51. The minimum Gasteiger partial charge on any atom is -0.493 e. The van der Waals surface area contributed by atoms with Crippen molar-refractivity contribution in [2.75, 3.05) is 14.2 Å². The summed E-state index contributed by atoms with van der Waals surface area (Å²) in [4.78, 5) is 11.6. The standard InChI is InChI=1S/C31H29NO6/c1-35-28-15-13-26(20-31(28)38-22-24-11-7-4-8-12-24)18-27(32(33)34)17-25-14-16-29(30(19-25)36-2)37-21-23-9-5-3-6-10-23/h3-17,19-20H,18,21-22H2,1-2H3/b27-17+. The molecule has 0 aliphatic carbocycles. The van der Waals surface area contributed by atoms with Gasteiger partial charge in [0.1, 0.15) is 13.2 Å². The van der Waals surface area contributed by atoms with Crippen molar-refractivity contribution < 1.29 is 23.9 Å². The van der Waals surface area contributed by atoms with E-state index in [1.54, 1.807) is 50.6 Å². The van der Waals surface area contributed by atoms with Crippen molar-refractivity contribution in [3.63, 3.8) is 0 Å². The van der Waals surface area contributed by atoms with Gasteiger partial charge in [0, 0.05) is 6.08 Å². The molecule has 0 fully saturated rings. The van der Waals surface area contributed by atoms with Crippen LogP contribution in [0.5, 0.6) is 23.0 Å². The fourth-order valence-corrected chi connectivity index (χ4v) is 3.88. The lowest BCUT2D eigenvalue weighted by Crippen LogP contribution is -2.04. The van der Waals surface area contributed by atoms with Crippen molar-refractivity contribution in [1.29, 1.82) is 0 Å². The van der Waals surface area contributed by atoms with Crippen molar-refractivity contribution in [2.24, 2.45) is 0 Å².